The number of hydrogen-bond donors (Lipinski definition) is 3. The van der Waals surface area contributed by atoms with E-state index in [1.807, 2.05) is 0 Å². The summed E-state index contributed by atoms with van der Waals surface area (Å²) >= 11 is 0. The highest BCUT2D eigenvalue weighted by atomic mass is 16.1. The van der Waals surface area contributed by atoms with Crippen molar-refractivity contribution < 1.29 is 0 Å². The highest BCUT2D eigenvalue weighted by Crippen LogP contribution is 2.17. The maximum atomic E-state index is 11.3. The predicted octanol–water partition coefficient (Wildman–Crippen LogP) is -0.993. The van der Waals surface area contributed by atoms with E-state index < -0.39 is 0 Å². The van der Waals surface area contributed by atoms with Crippen molar-refractivity contribution in [3.8, 4) is 0 Å². The van der Waals surface area contributed by atoms with Gasteiger partial charge in [0.1, 0.15) is 5.52 Å². The second kappa shape index (κ2) is 2.07. The number of fused-ring (bicyclic) bond motifs is 3. The highest BCUT2D eigenvalue weighted by molar-refractivity contribution is 5.82. The van der Waals surface area contributed by atoms with Gasteiger partial charge in [-0.1, -0.05) is 0 Å². The molecular weight excluding hydrogens is 172 g/mol. The van der Waals surface area contributed by atoms with Crippen LogP contribution in [-0.4, -0.2) is 19.5 Å². The van der Waals surface area contributed by atoms with Gasteiger partial charge in [0.15, 0.2) is 11.5 Å². The standard InChI is InChI=1S/C6H6N6O/c13-6-10-4-3(7-1-8-4)5-11-9-2-12(5)6/h1,9,11H,2H2,(H,7,8,10,13). The van der Waals surface area contributed by atoms with Crippen LogP contribution in [0.5, 0.6) is 0 Å². The molecule has 0 spiro atoms. The van der Waals surface area contributed by atoms with Crippen LogP contribution in [0.2, 0.25) is 0 Å². The molecule has 2 aromatic heterocycles. The Hall–Kier alpha value is -1.89. The van der Waals surface area contributed by atoms with Crippen LogP contribution < -0.4 is 16.5 Å². The average molecular weight is 178 g/mol. The summed E-state index contributed by atoms with van der Waals surface area (Å²) in [6, 6.07) is 0. The van der Waals surface area contributed by atoms with Gasteiger partial charge in [-0.25, -0.2) is 15.2 Å². The summed E-state index contributed by atoms with van der Waals surface area (Å²) in [6.45, 7) is 0.427. The van der Waals surface area contributed by atoms with Crippen LogP contribution in [0.3, 0.4) is 0 Å². The molecule has 13 heavy (non-hydrogen) atoms. The number of rotatable bonds is 0. The van der Waals surface area contributed by atoms with Gasteiger partial charge in [-0.3, -0.25) is 4.57 Å². The smallest absolute Gasteiger partial charge is 0.340 e. The van der Waals surface area contributed by atoms with Gasteiger partial charge in [0.05, 0.1) is 13.0 Å². The molecule has 0 aromatic carbocycles. The van der Waals surface area contributed by atoms with Crippen molar-refractivity contribution in [3.63, 3.8) is 0 Å². The SMILES string of the molecule is O=c1nc2nc[nH]c2c2n1CNN2. The molecule has 3 rings (SSSR count). The Morgan fingerprint density at radius 2 is 2.46 bits per heavy atom. The van der Waals surface area contributed by atoms with Gasteiger partial charge >= 0.3 is 5.69 Å². The first kappa shape index (κ1) is 6.61. The Morgan fingerprint density at radius 3 is 3.38 bits per heavy atom. The molecule has 66 valence electrons. The lowest BCUT2D eigenvalue weighted by Gasteiger charge is -1.98. The summed E-state index contributed by atoms with van der Waals surface area (Å²) in [7, 11) is 0. The molecule has 3 N–H and O–H groups in total. The monoisotopic (exact) mass is 178 g/mol. The van der Waals surface area contributed by atoms with Gasteiger partial charge in [-0.2, -0.15) is 4.98 Å². The van der Waals surface area contributed by atoms with Crippen molar-refractivity contribution in [1.82, 2.24) is 24.9 Å². The summed E-state index contributed by atoms with van der Waals surface area (Å²) in [4.78, 5) is 22.0. The Bertz CT molecular complexity index is 525. The predicted molar refractivity (Wildman–Crippen MR) is 44.9 cm³/mol. The van der Waals surface area contributed by atoms with Crippen molar-refractivity contribution in [2.45, 2.75) is 6.67 Å². The third kappa shape index (κ3) is 0.733. The van der Waals surface area contributed by atoms with Crippen molar-refractivity contribution in [2.75, 3.05) is 5.43 Å². The van der Waals surface area contributed by atoms with Crippen molar-refractivity contribution >= 4 is 17.0 Å². The van der Waals surface area contributed by atoms with Crippen LogP contribution in [0, 0.1) is 0 Å². The Kier molecular flexibility index (Phi) is 1.05. The number of nitrogens with zero attached hydrogens (tertiary/aromatic N) is 3. The van der Waals surface area contributed by atoms with E-state index in [1.54, 1.807) is 0 Å². The quantitative estimate of drug-likeness (QED) is 0.482. The Labute approximate surface area is 71.8 Å². The van der Waals surface area contributed by atoms with Crippen LogP contribution in [-0.2, 0) is 6.67 Å². The highest BCUT2D eigenvalue weighted by Gasteiger charge is 2.16. The molecule has 1 aliphatic rings. The van der Waals surface area contributed by atoms with E-state index in [9.17, 15) is 4.79 Å². The third-order valence-corrected chi connectivity index (χ3v) is 2.00. The van der Waals surface area contributed by atoms with Crippen molar-refractivity contribution in [3.05, 3.63) is 16.8 Å². The average Bonchev–Trinajstić information content (AvgIpc) is 2.66. The first-order chi connectivity index (χ1) is 6.36. The second-order valence-corrected chi connectivity index (χ2v) is 2.73. The van der Waals surface area contributed by atoms with E-state index in [2.05, 4.69) is 25.8 Å². The lowest BCUT2D eigenvalue weighted by atomic mass is 10.5. The first-order valence-corrected chi connectivity index (χ1v) is 3.79. The van der Waals surface area contributed by atoms with Crippen LogP contribution in [0.25, 0.3) is 11.2 Å². The lowest BCUT2D eigenvalue weighted by molar-refractivity contribution is 0.660. The zero-order valence-electron chi connectivity index (χ0n) is 6.53. The van der Waals surface area contributed by atoms with Gasteiger partial charge in [0.25, 0.3) is 0 Å². The van der Waals surface area contributed by atoms with Crippen LogP contribution in [0.15, 0.2) is 11.1 Å². The van der Waals surface area contributed by atoms with E-state index >= 15 is 0 Å². The van der Waals surface area contributed by atoms with E-state index in [1.165, 1.54) is 10.9 Å². The molecule has 7 nitrogen and oxygen atoms in total. The molecule has 0 fully saturated rings. The van der Waals surface area contributed by atoms with Crippen molar-refractivity contribution in [1.29, 1.82) is 0 Å². The lowest BCUT2D eigenvalue weighted by Crippen LogP contribution is -2.22. The maximum absolute atomic E-state index is 11.3. The minimum absolute atomic E-state index is 0.299. The molecule has 0 atom stereocenters. The maximum Gasteiger partial charge on any atom is 0.352 e. The minimum atomic E-state index is -0.299. The molecule has 0 radical (unpaired) electrons. The summed E-state index contributed by atoms with van der Waals surface area (Å²) in [5, 5.41) is 0. The molecule has 0 amide bonds. The van der Waals surface area contributed by atoms with E-state index in [-0.39, 0.29) is 5.69 Å². The third-order valence-electron chi connectivity index (χ3n) is 2.00. The van der Waals surface area contributed by atoms with Gasteiger partial charge < -0.3 is 10.4 Å². The number of imidazole rings is 1. The fraction of sp³-hybridized carbons (Fsp3) is 0.167. The minimum Gasteiger partial charge on any atom is -0.340 e. The molecule has 0 aliphatic carbocycles. The molecule has 1 aliphatic heterocycles. The summed E-state index contributed by atoms with van der Waals surface area (Å²) in [5.74, 6) is 0.688. The number of aromatic amines is 1. The van der Waals surface area contributed by atoms with Crippen LogP contribution in [0.1, 0.15) is 0 Å². The first-order valence-electron chi connectivity index (χ1n) is 3.79. The van der Waals surface area contributed by atoms with Crippen LogP contribution in [0.4, 0.5) is 5.82 Å². The van der Waals surface area contributed by atoms with E-state index in [0.29, 0.717) is 18.1 Å². The number of hydrogen-bond acceptors (Lipinski definition) is 5. The fourth-order valence-corrected chi connectivity index (χ4v) is 1.41. The normalized spacial score (nSPS) is 14.5. The molecule has 2 aromatic rings. The Balaban J connectivity index is 2.55. The number of aromatic nitrogens is 4. The zero-order chi connectivity index (χ0) is 8.84. The van der Waals surface area contributed by atoms with E-state index in [0.717, 1.165) is 5.52 Å². The van der Waals surface area contributed by atoms with Gasteiger partial charge in [-0.05, 0) is 0 Å². The van der Waals surface area contributed by atoms with E-state index in [4.69, 9.17) is 0 Å². The number of H-pyrrole nitrogens is 1. The van der Waals surface area contributed by atoms with Gasteiger partial charge in [-0.15, -0.1) is 0 Å². The Morgan fingerprint density at radius 1 is 1.54 bits per heavy atom. The molecule has 7 heteroatoms. The molecule has 0 saturated heterocycles. The topological polar surface area (TPSA) is 87.6 Å². The molecule has 0 bridgehead atoms. The number of anilines is 1. The summed E-state index contributed by atoms with van der Waals surface area (Å²) in [6.07, 6.45) is 1.51. The number of nitrogens with one attached hydrogen (secondary N) is 3. The van der Waals surface area contributed by atoms with Crippen molar-refractivity contribution in [2.24, 2.45) is 0 Å². The molecular formula is C6H6N6O. The molecule has 3 heterocycles. The van der Waals surface area contributed by atoms with Crippen LogP contribution >= 0.6 is 0 Å². The zero-order valence-corrected chi connectivity index (χ0v) is 6.53. The number of hydrazine groups is 1. The van der Waals surface area contributed by atoms with Gasteiger partial charge in [0.2, 0.25) is 0 Å². The fourth-order valence-electron chi connectivity index (χ4n) is 1.41. The molecule has 0 unspecified atom stereocenters. The summed E-state index contributed by atoms with van der Waals surface area (Å²) in [5.41, 5.74) is 6.59. The summed E-state index contributed by atoms with van der Waals surface area (Å²) < 4.78 is 1.50. The molecule has 0 saturated carbocycles. The van der Waals surface area contributed by atoms with Gasteiger partial charge in [0, 0.05) is 0 Å². The largest absolute Gasteiger partial charge is 0.352 e. The second-order valence-electron chi connectivity index (χ2n) is 2.73.